The van der Waals surface area contributed by atoms with Gasteiger partial charge in [0.05, 0.1) is 0 Å². The first-order chi connectivity index (χ1) is 11.0. The largest absolute Gasteiger partial charge is 0.347 e. The van der Waals surface area contributed by atoms with E-state index in [1.54, 1.807) is 16.8 Å². The van der Waals surface area contributed by atoms with Crippen LogP contribution in [0.5, 0.6) is 0 Å². The summed E-state index contributed by atoms with van der Waals surface area (Å²) in [4.78, 5) is 17.5. The van der Waals surface area contributed by atoms with Gasteiger partial charge in [0.25, 0.3) is 5.91 Å². The van der Waals surface area contributed by atoms with E-state index in [9.17, 15) is 4.79 Å². The van der Waals surface area contributed by atoms with Gasteiger partial charge in [0.15, 0.2) is 5.13 Å². The van der Waals surface area contributed by atoms with E-state index in [4.69, 9.17) is 11.6 Å². The van der Waals surface area contributed by atoms with Crippen molar-refractivity contribution in [2.75, 3.05) is 5.32 Å². The van der Waals surface area contributed by atoms with Crippen molar-refractivity contribution in [2.24, 2.45) is 7.05 Å². The third kappa shape index (κ3) is 3.63. The van der Waals surface area contributed by atoms with Crippen molar-refractivity contribution in [3.63, 3.8) is 0 Å². The first-order valence-corrected chi connectivity index (χ1v) is 8.35. The molecule has 0 radical (unpaired) electrons. The first-order valence-electron chi connectivity index (χ1n) is 7.15. The smallest absolute Gasteiger partial charge is 0.274 e. The van der Waals surface area contributed by atoms with Gasteiger partial charge >= 0.3 is 0 Å². The van der Waals surface area contributed by atoms with Gasteiger partial charge in [-0.2, -0.15) is 0 Å². The van der Waals surface area contributed by atoms with Gasteiger partial charge in [-0.25, -0.2) is 4.98 Å². The maximum atomic E-state index is 12.2. The summed E-state index contributed by atoms with van der Waals surface area (Å²) in [5, 5.41) is 4.20. The number of anilines is 1. The van der Waals surface area contributed by atoms with Crippen LogP contribution in [-0.2, 0) is 13.5 Å². The summed E-state index contributed by atoms with van der Waals surface area (Å²) in [7, 11) is 1.84. The van der Waals surface area contributed by atoms with Gasteiger partial charge < -0.3 is 4.57 Å². The van der Waals surface area contributed by atoms with Crippen molar-refractivity contribution in [3.05, 3.63) is 69.4 Å². The monoisotopic (exact) mass is 345 g/mol. The van der Waals surface area contributed by atoms with Crippen molar-refractivity contribution >= 4 is 34.0 Å². The molecule has 2 heterocycles. The first kappa shape index (κ1) is 15.8. The lowest BCUT2D eigenvalue weighted by molar-refractivity contribution is 0.101. The molecule has 0 aliphatic carbocycles. The minimum absolute atomic E-state index is 0.156. The lowest BCUT2D eigenvalue weighted by Crippen LogP contribution is -2.14. The lowest BCUT2D eigenvalue weighted by Gasteiger charge is -2.03. The maximum absolute atomic E-state index is 12.2. The van der Waals surface area contributed by atoms with E-state index in [1.807, 2.05) is 38.4 Å². The van der Waals surface area contributed by atoms with E-state index < -0.39 is 0 Å². The van der Waals surface area contributed by atoms with Gasteiger partial charge in [0, 0.05) is 35.8 Å². The van der Waals surface area contributed by atoms with Crippen molar-refractivity contribution in [3.8, 4) is 0 Å². The molecule has 3 aromatic rings. The van der Waals surface area contributed by atoms with Crippen molar-refractivity contribution in [1.82, 2.24) is 9.55 Å². The molecule has 4 nitrogen and oxygen atoms in total. The summed E-state index contributed by atoms with van der Waals surface area (Å²) in [5.74, 6) is -0.156. The topological polar surface area (TPSA) is 46.9 Å². The second-order valence-electron chi connectivity index (χ2n) is 5.35. The molecule has 0 unspecified atom stereocenters. The Kier molecular flexibility index (Phi) is 4.50. The zero-order valence-corrected chi connectivity index (χ0v) is 14.4. The third-order valence-corrected chi connectivity index (χ3v) is 4.88. The number of benzene rings is 1. The standard InChI is InChI=1S/C17H16ClN3OS/c1-11-5-6-12(9-14(11)18)8-13-10-19-17(23-13)20-16(22)15-4-3-7-21(15)2/h3-7,9-10H,8H2,1-2H3,(H,19,20,22). The number of hydrogen-bond acceptors (Lipinski definition) is 3. The molecule has 0 spiro atoms. The van der Waals surface area contributed by atoms with E-state index in [0.29, 0.717) is 10.8 Å². The molecule has 0 aliphatic heterocycles. The van der Waals surface area contributed by atoms with Gasteiger partial charge in [-0.3, -0.25) is 10.1 Å². The Hall–Kier alpha value is -2.11. The normalized spacial score (nSPS) is 10.7. The molecule has 1 amide bonds. The highest BCUT2D eigenvalue weighted by Gasteiger charge is 2.11. The Bertz CT molecular complexity index is 853. The van der Waals surface area contributed by atoms with Crippen molar-refractivity contribution < 1.29 is 4.79 Å². The number of rotatable bonds is 4. The molecule has 1 N–H and O–H groups in total. The minimum Gasteiger partial charge on any atom is -0.347 e. The number of nitrogens with zero attached hydrogens (tertiary/aromatic N) is 2. The predicted molar refractivity (Wildman–Crippen MR) is 94.5 cm³/mol. The van der Waals surface area contributed by atoms with Crippen LogP contribution in [0, 0.1) is 6.92 Å². The van der Waals surface area contributed by atoms with Crippen molar-refractivity contribution in [1.29, 1.82) is 0 Å². The highest BCUT2D eigenvalue weighted by molar-refractivity contribution is 7.15. The summed E-state index contributed by atoms with van der Waals surface area (Å²) >= 11 is 7.63. The van der Waals surface area contributed by atoms with Crippen LogP contribution < -0.4 is 5.32 Å². The Morgan fingerprint density at radius 1 is 1.39 bits per heavy atom. The molecular weight excluding hydrogens is 330 g/mol. The van der Waals surface area contributed by atoms with Crippen LogP contribution in [0.3, 0.4) is 0 Å². The number of aromatic nitrogens is 2. The van der Waals surface area contributed by atoms with Crippen LogP contribution in [0.1, 0.15) is 26.5 Å². The SMILES string of the molecule is Cc1ccc(Cc2cnc(NC(=O)c3cccn3C)s2)cc1Cl. The number of halogens is 1. The average Bonchev–Trinajstić information content (AvgIpc) is 3.12. The quantitative estimate of drug-likeness (QED) is 0.766. The van der Waals surface area contributed by atoms with Crippen LogP contribution in [0.15, 0.2) is 42.7 Å². The Labute approximate surface area is 143 Å². The average molecular weight is 346 g/mol. The second-order valence-corrected chi connectivity index (χ2v) is 6.87. The highest BCUT2D eigenvalue weighted by Crippen LogP contribution is 2.24. The summed E-state index contributed by atoms with van der Waals surface area (Å²) in [6.45, 7) is 1.98. The summed E-state index contributed by atoms with van der Waals surface area (Å²) < 4.78 is 1.78. The van der Waals surface area contributed by atoms with Gasteiger partial charge in [-0.1, -0.05) is 23.7 Å². The molecule has 0 aliphatic rings. The molecule has 23 heavy (non-hydrogen) atoms. The van der Waals surface area contributed by atoms with Crippen LogP contribution in [-0.4, -0.2) is 15.5 Å². The van der Waals surface area contributed by atoms with E-state index in [-0.39, 0.29) is 5.91 Å². The molecule has 6 heteroatoms. The molecule has 2 aromatic heterocycles. The number of aryl methyl sites for hydroxylation is 2. The van der Waals surface area contributed by atoms with E-state index in [1.165, 1.54) is 11.3 Å². The molecule has 0 fully saturated rings. The van der Waals surface area contributed by atoms with Crippen LogP contribution in [0.2, 0.25) is 5.02 Å². The number of hydrogen-bond donors (Lipinski definition) is 1. The number of carbonyl (C=O) groups excluding carboxylic acids is 1. The molecule has 1 aromatic carbocycles. The number of amides is 1. The van der Waals surface area contributed by atoms with Crippen LogP contribution in [0.4, 0.5) is 5.13 Å². The fourth-order valence-electron chi connectivity index (χ4n) is 2.25. The summed E-state index contributed by atoms with van der Waals surface area (Å²) in [5.41, 5.74) is 2.80. The minimum atomic E-state index is -0.156. The van der Waals surface area contributed by atoms with Crippen LogP contribution >= 0.6 is 22.9 Å². The molecular formula is C17H16ClN3OS. The Balaban J connectivity index is 1.69. The highest BCUT2D eigenvalue weighted by atomic mass is 35.5. The second kappa shape index (κ2) is 6.56. The van der Waals surface area contributed by atoms with E-state index in [0.717, 1.165) is 27.4 Å². The zero-order valence-electron chi connectivity index (χ0n) is 12.8. The fraction of sp³-hybridized carbons (Fsp3) is 0.176. The van der Waals surface area contributed by atoms with Gasteiger partial charge in [0.1, 0.15) is 5.69 Å². The predicted octanol–water partition coefficient (Wildman–Crippen LogP) is 4.29. The zero-order chi connectivity index (χ0) is 16.4. The molecule has 0 saturated heterocycles. The number of carbonyl (C=O) groups is 1. The fourth-order valence-corrected chi connectivity index (χ4v) is 3.30. The Morgan fingerprint density at radius 2 is 2.22 bits per heavy atom. The van der Waals surface area contributed by atoms with Gasteiger partial charge in [-0.05, 0) is 36.2 Å². The molecule has 0 bridgehead atoms. The van der Waals surface area contributed by atoms with Crippen LogP contribution in [0.25, 0.3) is 0 Å². The summed E-state index contributed by atoms with van der Waals surface area (Å²) in [6, 6.07) is 9.65. The maximum Gasteiger partial charge on any atom is 0.274 e. The summed E-state index contributed by atoms with van der Waals surface area (Å²) in [6.07, 6.45) is 4.38. The molecule has 3 rings (SSSR count). The molecule has 118 valence electrons. The number of thiazole rings is 1. The molecule has 0 atom stereocenters. The third-order valence-electron chi connectivity index (χ3n) is 3.57. The van der Waals surface area contributed by atoms with E-state index in [2.05, 4.69) is 16.4 Å². The lowest BCUT2D eigenvalue weighted by atomic mass is 10.1. The van der Waals surface area contributed by atoms with E-state index >= 15 is 0 Å². The van der Waals surface area contributed by atoms with Gasteiger partial charge in [0.2, 0.25) is 0 Å². The van der Waals surface area contributed by atoms with Crippen molar-refractivity contribution in [2.45, 2.75) is 13.3 Å². The van der Waals surface area contributed by atoms with Gasteiger partial charge in [-0.15, -0.1) is 11.3 Å². The number of nitrogens with one attached hydrogen (secondary N) is 1. The Morgan fingerprint density at radius 3 is 2.91 bits per heavy atom. The molecule has 0 saturated carbocycles.